The number of carbonyl (C=O) groups is 1. The fourth-order valence-corrected chi connectivity index (χ4v) is 1.94. The van der Waals surface area contributed by atoms with Crippen LogP contribution in [-0.2, 0) is 5.41 Å². The van der Waals surface area contributed by atoms with Gasteiger partial charge in [-0.05, 0) is 6.92 Å². The van der Waals surface area contributed by atoms with Crippen LogP contribution in [0.4, 0.5) is 10.6 Å². The van der Waals surface area contributed by atoms with Gasteiger partial charge >= 0.3 is 6.03 Å². The molecule has 0 aromatic carbocycles. The topological polar surface area (TPSA) is 49.3 Å². The van der Waals surface area contributed by atoms with E-state index in [4.69, 9.17) is 0 Å². The van der Waals surface area contributed by atoms with E-state index >= 15 is 0 Å². The van der Waals surface area contributed by atoms with Crippen LogP contribution >= 0.6 is 0 Å². The molecule has 2 rings (SSSR count). The summed E-state index contributed by atoms with van der Waals surface area (Å²) < 4.78 is 0. The van der Waals surface area contributed by atoms with Crippen molar-refractivity contribution in [2.45, 2.75) is 39.2 Å². The van der Waals surface area contributed by atoms with E-state index < -0.39 is 0 Å². The first-order chi connectivity index (χ1) is 8.30. The summed E-state index contributed by atoms with van der Waals surface area (Å²) in [5.41, 5.74) is 0.903. The van der Waals surface area contributed by atoms with Crippen LogP contribution in [0, 0.1) is 0 Å². The second-order valence-corrected chi connectivity index (χ2v) is 5.86. The number of urea groups is 1. The minimum Gasteiger partial charge on any atom is -0.323 e. The number of hydrogen-bond acceptors (Lipinski definition) is 3. The predicted molar refractivity (Wildman–Crippen MR) is 70.7 cm³/mol. The summed E-state index contributed by atoms with van der Waals surface area (Å²) in [6.45, 7) is 9.00. The minimum atomic E-state index is -0.0437. The van der Waals surface area contributed by atoms with E-state index in [1.165, 1.54) is 6.33 Å². The van der Waals surface area contributed by atoms with E-state index in [1.807, 2.05) is 20.0 Å². The van der Waals surface area contributed by atoms with Crippen molar-refractivity contribution in [1.82, 2.24) is 14.9 Å². The fraction of sp³-hybridized carbons (Fsp3) is 0.615. The van der Waals surface area contributed by atoms with E-state index in [9.17, 15) is 4.79 Å². The van der Waals surface area contributed by atoms with Gasteiger partial charge in [-0.2, -0.15) is 0 Å². The number of nitrogens with zero attached hydrogens (tertiary/aromatic N) is 4. The molecule has 98 valence electrons. The second-order valence-electron chi connectivity index (χ2n) is 5.86. The van der Waals surface area contributed by atoms with Crippen molar-refractivity contribution in [3.63, 3.8) is 0 Å². The number of likely N-dealkylation sites (N-methyl/N-ethyl adjacent to an activating group) is 1. The quantitative estimate of drug-likeness (QED) is 0.764. The molecule has 1 aliphatic rings. The maximum Gasteiger partial charge on any atom is 0.325 e. The first kappa shape index (κ1) is 12.8. The highest BCUT2D eigenvalue weighted by molar-refractivity contribution is 5.93. The number of hydrogen-bond donors (Lipinski definition) is 0. The van der Waals surface area contributed by atoms with Crippen molar-refractivity contribution in [1.29, 1.82) is 0 Å². The molecule has 1 aromatic rings. The van der Waals surface area contributed by atoms with Crippen molar-refractivity contribution in [2.75, 3.05) is 18.5 Å². The Morgan fingerprint density at radius 1 is 1.33 bits per heavy atom. The molecule has 5 nitrogen and oxygen atoms in total. The van der Waals surface area contributed by atoms with Gasteiger partial charge in [-0.3, -0.25) is 4.90 Å². The Balaban J connectivity index is 2.33. The Morgan fingerprint density at radius 2 is 2.00 bits per heavy atom. The molecule has 0 aliphatic carbocycles. The van der Waals surface area contributed by atoms with Crippen LogP contribution < -0.4 is 4.90 Å². The van der Waals surface area contributed by atoms with Gasteiger partial charge in [0.2, 0.25) is 0 Å². The van der Waals surface area contributed by atoms with Crippen LogP contribution in [0.3, 0.4) is 0 Å². The third kappa shape index (κ3) is 2.17. The summed E-state index contributed by atoms with van der Waals surface area (Å²) in [7, 11) is 1.82. The number of carbonyl (C=O) groups excluding carboxylic acids is 1. The normalized spacial score (nSPS) is 20.7. The SMILES string of the molecule is CC1CN(c2cc(C(C)(C)C)ncn2)C(=O)N1C. The lowest BCUT2D eigenvalue weighted by atomic mass is 9.92. The van der Waals surface area contributed by atoms with Gasteiger partial charge in [0.1, 0.15) is 12.1 Å². The summed E-state index contributed by atoms with van der Waals surface area (Å²) in [5.74, 6) is 0.691. The average molecular weight is 248 g/mol. The van der Waals surface area contributed by atoms with Crippen LogP contribution in [-0.4, -0.2) is 40.5 Å². The summed E-state index contributed by atoms with van der Waals surface area (Å²) >= 11 is 0. The zero-order valence-corrected chi connectivity index (χ0v) is 11.6. The van der Waals surface area contributed by atoms with Crippen molar-refractivity contribution in [3.05, 3.63) is 18.1 Å². The van der Waals surface area contributed by atoms with Crippen LogP contribution in [0.5, 0.6) is 0 Å². The number of aromatic nitrogens is 2. The van der Waals surface area contributed by atoms with Crippen LogP contribution in [0.2, 0.25) is 0 Å². The third-order valence-electron chi connectivity index (χ3n) is 3.34. The number of anilines is 1. The van der Waals surface area contributed by atoms with Crippen molar-refractivity contribution < 1.29 is 4.79 Å². The summed E-state index contributed by atoms with van der Waals surface area (Å²) in [5, 5.41) is 0. The first-order valence-corrected chi connectivity index (χ1v) is 6.17. The lowest BCUT2D eigenvalue weighted by Crippen LogP contribution is -2.31. The first-order valence-electron chi connectivity index (χ1n) is 6.17. The smallest absolute Gasteiger partial charge is 0.323 e. The number of amides is 2. The summed E-state index contributed by atoms with van der Waals surface area (Å²) in [6, 6.07) is 2.12. The maximum absolute atomic E-state index is 12.1. The molecule has 1 aliphatic heterocycles. The molecule has 18 heavy (non-hydrogen) atoms. The largest absolute Gasteiger partial charge is 0.325 e. The van der Waals surface area contributed by atoms with E-state index in [0.29, 0.717) is 12.4 Å². The van der Waals surface area contributed by atoms with Crippen molar-refractivity contribution in [3.8, 4) is 0 Å². The Kier molecular flexibility index (Phi) is 3.00. The molecule has 1 unspecified atom stereocenters. The van der Waals surface area contributed by atoms with Gasteiger partial charge in [0, 0.05) is 31.1 Å². The maximum atomic E-state index is 12.1. The molecule has 1 atom stereocenters. The van der Waals surface area contributed by atoms with E-state index in [0.717, 1.165) is 5.69 Å². The molecular weight excluding hydrogens is 228 g/mol. The molecule has 5 heteroatoms. The Hall–Kier alpha value is -1.65. The molecule has 1 fully saturated rings. The Morgan fingerprint density at radius 3 is 2.50 bits per heavy atom. The predicted octanol–water partition coefficient (Wildman–Crippen LogP) is 2.03. The summed E-state index contributed by atoms with van der Waals surface area (Å²) in [6.07, 6.45) is 1.53. The minimum absolute atomic E-state index is 0.000981. The molecule has 0 spiro atoms. The molecule has 2 heterocycles. The zero-order valence-electron chi connectivity index (χ0n) is 11.6. The monoisotopic (exact) mass is 248 g/mol. The Labute approximate surface area is 108 Å². The van der Waals surface area contributed by atoms with Crippen LogP contribution in [0.1, 0.15) is 33.4 Å². The van der Waals surface area contributed by atoms with Crippen molar-refractivity contribution >= 4 is 11.8 Å². The van der Waals surface area contributed by atoms with Gasteiger partial charge < -0.3 is 4.90 Å². The van der Waals surface area contributed by atoms with Gasteiger partial charge in [-0.25, -0.2) is 14.8 Å². The van der Waals surface area contributed by atoms with E-state index in [-0.39, 0.29) is 17.5 Å². The van der Waals surface area contributed by atoms with Gasteiger partial charge in [0.25, 0.3) is 0 Å². The van der Waals surface area contributed by atoms with Crippen LogP contribution in [0.15, 0.2) is 12.4 Å². The standard InChI is InChI=1S/C13H20N4O/c1-9-7-17(12(18)16(9)5)11-6-10(13(2,3)4)14-8-15-11/h6,8-9H,7H2,1-5H3. The van der Waals surface area contributed by atoms with Gasteiger partial charge in [0.15, 0.2) is 0 Å². The van der Waals surface area contributed by atoms with Crippen molar-refractivity contribution in [2.24, 2.45) is 0 Å². The summed E-state index contributed by atoms with van der Waals surface area (Å²) in [4.78, 5) is 24.0. The highest BCUT2D eigenvalue weighted by Crippen LogP contribution is 2.25. The highest BCUT2D eigenvalue weighted by Gasteiger charge is 2.33. The molecule has 2 amide bonds. The lowest BCUT2D eigenvalue weighted by molar-refractivity contribution is 0.221. The molecule has 0 bridgehead atoms. The van der Waals surface area contributed by atoms with Gasteiger partial charge in [-0.1, -0.05) is 20.8 Å². The molecule has 1 aromatic heterocycles. The van der Waals surface area contributed by atoms with Gasteiger partial charge in [0.05, 0.1) is 5.69 Å². The molecule has 1 saturated heterocycles. The fourth-order valence-electron chi connectivity index (χ4n) is 1.94. The average Bonchev–Trinajstić information content (AvgIpc) is 2.56. The highest BCUT2D eigenvalue weighted by atomic mass is 16.2. The molecule has 0 radical (unpaired) electrons. The molecule has 0 saturated carbocycles. The lowest BCUT2D eigenvalue weighted by Gasteiger charge is -2.20. The van der Waals surface area contributed by atoms with Crippen LogP contribution in [0.25, 0.3) is 0 Å². The molecular formula is C13H20N4O. The zero-order chi connectivity index (χ0) is 13.5. The number of rotatable bonds is 1. The molecule has 0 N–H and O–H groups in total. The Bertz CT molecular complexity index is 466. The second kappa shape index (κ2) is 4.23. The van der Waals surface area contributed by atoms with E-state index in [1.54, 1.807) is 9.80 Å². The van der Waals surface area contributed by atoms with Gasteiger partial charge in [-0.15, -0.1) is 0 Å². The van der Waals surface area contributed by atoms with E-state index in [2.05, 4.69) is 30.7 Å². The third-order valence-corrected chi connectivity index (χ3v) is 3.34.